The van der Waals surface area contributed by atoms with Gasteiger partial charge >= 0.3 is 6.09 Å². The average Bonchev–Trinajstić information content (AvgIpc) is 3.73. The van der Waals surface area contributed by atoms with Crippen LogP contribution in [0.3, 0.4) is 0 Å². The first-order chi connectivity index (χ1) is 21.5. The van der Waals surface area contributed by atoms with Crippen LogP contribution in [0, 0.1) is 5.92 Å². The predicted molar refractivity (Wildman–Crippen MR) is 166 cm³/mol. The van der Waals surface area contributed by atoms with Crippen LogP contribution in [0.2, 0.25) is 0 Å². The summed E-state index contributed by atoms with van der Waals surface area (Å²) in [5, 5.41) is 9.72. The number of carbonyl (C=O) groups is 2. The maximum absolute atomic E-state index is 12.5. The third kappa shape index (κ3) is 7.58. The van der Waals surface area contributed by atoms with Crippen LogP contribution in [-0.2, 0) is 20.9 Å². The number of methoxy groups -OCH3 is 1. The zero-order valence-electron chi connectivity index (χ0n) is 25.7. The first kappa shape index (κ1) is 30.5. The smallest absolute Gasteiger partial charge is 0.407 e. The van der Waals surface area contributed by atoms with Gasteiger partial charge in [0.2, 0.25) is 5.91 Å². The van der Waals surface area contributed by atoms with E-state index < -0.39 is 6.09 Å². The van der Waals surface area contributed by atoms with Gasteiger partial charge in [-0.3, -0.25) is 4.79 Å². The summed E-state index contributed by atoms with van der Waals surface area (Å²) in [5.41, 5.74) is 3.21. The molecule has 0 radical (unpaired) electrons. The van der Waals surface area contributed by atoms with E-state index in [0.29, 0.717) is 58.2 Å². The molecule has 3 unspecified atom stereocenters. The Labute approximate surface area is 259 Å². The van der Waals surface area contributed by atoms with E-state index in [2.05, 4.69) is 23.1 Å². The molecule has 44 heavy (non-hydrogen) atoms. The van der Waals surface area contributed by atoms with E-state index in [-0.39, 0.29) is 24.0 Å². The normalized spacial score (nSPS) is 23.3. The van der Waals surface area contributed by atoms with Gasteiger partial charge in [-0.1, -0.05) is 18.2 Å². The van der Waals surface area contributed by atoms with Crippen molar-refractivity contribution >= 4 is 17.7 Å². The van der Waals surface area contributed by atoms with Crippen LogP contribution < -0.4 is 14.4 Å². The highest BCUT2D eigenvalue weighted by Crippen LogP contribution is 2.36. The minimum absolute atomic E-state index is 0.0109. The van der Waals surface area contributed by atoms with E-state index in [1.807, 2.05) is 29.2 Å². The minimum atomic E-state index is -0.917. The van der Waals surface area contributed by atoms with Gasteiger partial charge in [-0.05, 0) is 67.0 Å². The number of likely N-dealkylation sites (tertiary alicyclic amines) is 2. The van der Waals surface area contributed by atoms with Crippen LogP contribution in [0.4, 0.5) is 10.5 Å². The molecule has 3 atom stereocenters. The summed E-state index contributed by atoms with van der Waals surface area (Å²) in [6.07, 6.45) is 4.34. The van der Waals surface area contributed by atoms with Crippen molar-refractivity contribution in [2.45, 2.75) is 63.3 Å². The fourth-order valence-corrected chi connectivity index (χ4v) is 6.62. The van der Waals surface area contributed by atoms with Crippen LogP contribution >= 0.6 is 0 Å². The maximum atomic E-state index is 12.5. The van der Waals surface area contributed by atoms with Gasteiger partial charge in [-0.2, -0.15) is 0 Å². The Morgan fingerprint density at radius 1 is 0.977 bits per heavy atom. The summed E-state index contributed by atoms with van der Waals surface area (Å²) in [6, 6.07) is 14.3. The highest BCUT2D eigenvalue weighted by molar-refractivity contribution is 5.77. The molecule has 6 rings (SSSR count). The average molecular weight is 608 g/mol. The first-order valence-corrected chi connectivity index (χ1v) is 16.1. The first-order valence-electron chi connectivity index (χ1n) is 16.1. The van der Waals surface area contributed by atoms with Gasteiger partial charge in [-0.15, -0.1) is 0 Å². The zero-order chi connectivity index (χ0) is 30.5. The Morgan fingerprint density at radius 3 is 2.57 bits per heavy atom. The highest BCUT2D eigenvalue weighted by atomic mass is 16.5. The van der Waals surface area contributed by atoms with E-state index in [1.54, 1.807) is 7.11 Å². The molecule has 1 aliphatic carbocycles. The lowest BCUT2D eigenvalue weighted by Gasteiger charge is -2.37. The number of piperidine rings is 1. The van der Waals surface area contributed by atoms with Gasteiger partial charge in [0.15, 0.2) is 0 Å². The van der Waals surface area contributed by atoms with Crippen molar-refractivity contribution in [3.63, 3.8) is 0 Å². The topological polar surface area (TPSA) is 101 Å². The summed E-state index contributed by atoms with van der Waals surface area (Å²) >= 11 is 0. The van der Waals surface area contributed by atoms with Crippen LogP contribution in [0.1, 0.15) is 55.6 Å². The highest BCUT2D eigenvalue weighted by Gasteiger charge is 2.34. The van der Waals surface area contributed by atoms with Crippen molar-refractivity contribution in [2.75, 3.05) is 64.5 Å². The second-order valence-electron chi connectivity index (χ2n) is 12.5. The van der Waals surface area contributed by atoms with E-state index >= 15 is 0 Å². The number of benzene rings is 2. The number of hydrogen-bond acceptors (Lipinski definition) is 7. The number of ether oxygens (including phenoxy) is 4. The van der Waals surface area contributed by atoms with Crippen molar-refractivity contribution in [3.05, 3.63) is 53.6 Å². The molecule has 0 spiro atoms. The predicted octanol–water partition coefficient (Wildman–Crippen LogP) is 4.75. The molecular weight excluding hydrogens is 562 g/mol. The van der Waals surface area contributed by atoms with Gasteiger partial charge in [0.1, 0.15) is 24.2 Å². The maximum Gasteiger partial charge on any atom is 0.407 e. The number of carbonyl (C=O) groups excluding carboxylic acids is 1. The Morgan fingerprint density at radius 2 is 1.80 bits per heavy atom. The van der Waals surface area contributed by atoms with Gasteiger partial charge < -0.3 is 38.8 Å². The number of anilines is 1. The fraction of sp³-hybridized carbons (Fsp3) is 0.588. The second-order valence-corrected chi connectivity index (χ2v) is 12.5. The Kier molecular flexibility index (Phi) is 9.76. The molecule has 2 aromatic carbocycles. The lowest BCUT2D eigenvalue weighted by Crippen LogP contribution is -2.46. The Balaban J connectivity index is 1.08. The lowest BCUT2D eigenvalue weighted by molar-refractivity contribution is -0.130. The largest absolute Gasteiger partial charge is 0.490 e. The molecule has 2 aromatic rings. The molecular formula is C34H45N3O7. The van der Waals surface area contributed by atoms with Gasteiger partial charge in [0, 0.05) is 52.1 Å². The van der Waals surface area contributed by atoms with E-state index in [1.165, 1.54) is 17.7 Å². The summed E-state index contributed by atoms with van der Waals surface area (Å²) in [6.45, 7) is 5.68. The number of hydrogen-bond donors (Lipinski definition) is 1. The molecule has 2 saturated heterocycles. The molecule has 4 aliphatic rings. The molecule has 238 valence electrons. The van der Waals surface area contributed by atoms with Crippen LogP contribution in [0.15, 0.2) is 42.5 Å². The SMILES string of the molecule is COCCCN1CCOc2ccc(COC3CN(C(=O)O)CCC3c3ccc(OC4CCN(C(=O)CC5CC5)C4)cc3)cc21. The summed E-state index contributed by atoms with van der Waals surface area (Å²) in [7, 11) is 1.72. The molecule has 10 heteroatoms. The van der Waals surface area contributed by atoms with E-state index in [0.717, 1.165) is 60.8 Å². The lowest BCUT2D eigenvalue weighted by atomic mass is 9.87. The van der Waals surface area contributed by atoms with Crippen LogP contribution in [0.5, 0.6) is 11.5 Å². The Hall–Kier alpha value is -3.50. The van der Waals surface area contributed by atoms with Crippen molar-refractivity contribution < 1.29 is 33.6 Å². The van der Waals surface area contributed by atoms with Gasteiger partial charge in [-0.25, -0.2) is 4.79 Å². The van der Waals surface area contributed by atoms with E-state index in [4.69, 9.17) is 18.9 Å². The van der Waals surface area contributed by atoms with Crippen molar-refractivity contribution in [1.29, 1.82) is 0 Å². The molecule has 1 saturated carbocycles. The summed E-state index contributed by atoms with van der Waals surface area (Å²) in [4.78, 5) is 30.1. The molecule has 3 aliphatic heterocycles. The van der Waals surface area contributed by atoms with Crippen LogP contribution in [0.25, 0.3) is 0 Å². The number of nitrogens with zero attached hydrogens (tertiary/aromatic N) is 3. The number of amides is 2. The van der Waals surface area contributed by atoms with Crippen molar-refractivity contribution in [2.24, 2.45) is 5.92 Å². The molecule has 0 bridgehead atoms. The zero-order valence-corrected chi connectivity index (χ0v) is 25.7. The molecule has 3 heterocycles. The third-order valence-electron chi connectivity index (χ3n) is 9.32. The van der Waals surface area contributed by atoms with E-state index in [9.17, 15) is 14.7 Å². The monoisotopic (exact) mass is 607 g/mol. The van der Waals surface area contributed by atoms with Gasteiger partial charge in [0.05, 0.1) is 38.0 Å². The number of fused-ring (bicyclic) bond motifs is 1. The molecule has 2 amide bonds. The third-order valence-corrected chi connectivity index (χ3v) is 9.32. The van der Waals surface area contributed by atoms with Gasteiger partial charge in [0.25, 0.3) is 0 Å². The van der Waals surface area contributed by atoms with Crippen molar-refractivity contribution in [3.8, 4) is 11.5 Å². The fourth-order valence-electron chi connectivity index (χ4n) is 6.62. The summed E-state index contributed by atoms with van der Waals surface area (Å²) < 4.78 is 23.9. The number of rotatable bonds is 12. The number of carboxylic acid groups (broad SMARTS) is 1. The standard InChI is InChI=1S/C34H45N3O7/c1-41-17-2-13-35-16-18-42-31-10-5-25(19-30(31)35)23-43-32-22-37(34(39)40)15-12-29(32)26-6-8-27(9-7-26)44-28-11-14-36(21-28)33(38)20-24-3-4-24/h5-10,19,24,28-29,32H,2-4,11-18,20-23H2,1H3,(H,39,40). The Bertz CT molecular complexity index is 1280. The molecule has 3 fully saturated rings. The summed E-state index contributed by atoms with van der Waals surface area (Å²) in [5.74, 6) is 2.59. The molecule has 10 nitrogen and oxygen atoms in total. The molecule has 1 N–H and O–H groups in total. The molecule has 0 aromatic heterocycles. The second kappa shape index (κ2) is 14.1. The van der Waals surface area contributed by atoms with Crippen molar-refractivity contribution in [1.82, 2.24) is 9.80 Å². The van der Waals surface area contributed by atoms with Crippen LogP contribution in [-0.4, -0.2) is 98.7 Å². The minimum Gasteiger partial charge on any atom is -0.490 e. The quantitative estimate of drug-likeness (QED) is 0.345.